The van der Waals surface area contributed by atoms with Crippen LogP contribution in [0, 0.1) is 10.1 Å². The van der Waals surface area contributed by atoms with Crippen molar-refractivity contribution >= 4 is 33.2 Å². The quantitative estimate of drug-likeness (QED) is 0.463. The van der Waals surface area contributed by atoms with Crippen LogP contribution in [0.15, 0.2) is 18.2 Å². The van der Waals surface area contributed by atoms with Gasteiger partial charge in [0.2, 0.25) is 0 Å². The Kier molecular flexibility index (Phi) is 4.65. The van der Waals surface area contributed by atoms with Crippen molar-refractivity contribution in [2.45, 2.75) is 30.4 Å². The lowest BCUT2D eigenvalue weighted by atomic mass is 9.91. The molecule has 5 nitrogen and oxygen atoms in total. The molecule has 0 amide bonds. The monoisotopic (exact) mass is 349 g/mol. The summed E-state index contributed by atoms with van der Waals surface area (Å²) in [6.07, 6.45) is 0.591. The molecule has 1 aromatic rings. The Morgan fingerprint density at radius 2 is 2.32 bits per heavy atom. The maximum atomic E-state index is 10.7. The van der Waals surface area contributed by atoms with Gasteiger partial charge >= 0.3 is 0 Å². The van der Waals surface area contributed by atoms with Gasteiger partial charge in [-0.3, -0.25) is 10.1 Å². The van der Waals surface area contributed by atoms with E-state index in [0.717, 1.165) is 6.42 Å². The predicted molar refractivity (Wildman–Crippen MR) is 75.3 cm³/mol. The second-order valence-electron chi connectivity index (χ2n) is 4.20. The highest BCUT2D eigenvalue weighted by atomic mass is 79.9. The van der Waals surface area contributed by atoms with E-state index in [1.165, 1.54) is 18.2 Å². The molecule has 2 rings (SSSR count). The summed E-state index contributed by atoms with van der Waals surface area (Å²) < 4.78 is 11.3. The zero-order chi connectivity index (χ0) is 14.0. The first-order valence-corrected chi connectivity index (χ1v) is 7.18. The molecule has 1 fully saturated rings. The van der Waals surface area contributed by atoms with Crippen LogP contribution >= 0.6 is 27.5 Å². The Bertz CT molecular complexity index is 485. The third kappa shape index (κ3) is 3.19. The van der Waals surface area contributed by atoms with Crippen LogP contribution in [0.1, 0.15) is 13.3 Å². The van der Waals surface area contributed by atoms with Crippen molar-refractivity contribution in [1.82, 2.24) is 0 Å². The molecule has 1 aliphatic carbocycles. The lowest BCUT2D eigenvalue weighted by Crippen LogP contribution is -2.52. The number of halogens is 2. The molecule has 0 bridgehead atoms. The number of hydrogen-bond donors (Lipinski definition) is 0. The highest BCUT2D eigenvalue weighted by molar-refractivity contribution is 9.09. The molecule has 1 aliphatic rings. The first-order chi connectivity index (χ1) is 9.02. The van der Waals surface area contributed by atoms with Crippen molar-refractivity contribution in [2.75, 3.05) is 6.61 Å². The first kappa shape index (κ1) is 14.6. The Hall–Kier alpha value is -0.850. The average molecular weight is 351 g/mol. The lowest BCUT2D eigenvalue weighted by Gasteiger charge is -2.40. The SMILES string of the molecule is CCOC1C(Br)CC1Oc1cc([N+](=O)[O-])ccc1Cl. The lowest BCUT2D eigenvalue weighted by molar-refractivity contribution is -0.385. The van der Waals surface area contributed by atoms with E-state index in [-0.39, 0.29) is 22.7 Å². The van der Waals surface area contributed by atoms with Gasteiger partial charge in [0.25, 0.3) is 5.69 Å². The maximum Gasteiger partial charge on any atom is 0.273 e. The topological polar surface area (TPSA) is 61.6 Å². The standard InChI is InChI=1S/C12H13BrClNO4/c1-2-18-12-8(13)6-11(12)19-10-5-7(15(16)17)3-4-9(10)14/h3-5,8,11-12H,2,6H2,1H3. The van der Waals surface area contributed by atoms with Crippen LogP contribution in [-0.4, -0.2) is 28.6 Å². The minimum atomic E-state index is -0.475. The summed E-state index contributed by atoms with van der Waals surface area (Å²) in [6.45, 7) is 2.50. The molecule has 3 unspecified atom stereocenters. The van der Waals surface area contributed by atoms with Crippen LogP contribution in [0.25, 0.3) is 0 Å². The molecule has 0 heterocycles. The van der Waals surface area contributed by atoms with E-state index < -0.39 is 4.92 Å². The van der Waals surface area contributed by atoms with E-state index in [9.17, 15) is 10.1 Å². The van der Waals surface area contributed by atoms with Gasteiger partial charge in [-0.25, -0.2) is 0 Å². The van der Waals surface area contributed by atoms with Crippen molar-refractivity contribution in [1.29, 1.82) is 0 Å². The minimum Gasteiger partial charge on any atom is -0.486 e. The van der Waals surface area contributed by atoms with Gasteiger partial charge in [-0.05, 0) is 13.0 Å². The van der Waals surface area contributed by atoms with Gasteiger partial charge in [0.1, 0.15) is 18.0 Å². The second-order valence-corrected chi connectivity index (χ2v) is 5.78. The van der Waals surface area contributed by atoms with Gasteiger partial charge in [0.15, 0.2) is 0 Å². The van der Waals surface area contributed by atoms with Crippen molar-refractivity contribution in [3.63, 3.8) is 0 Å². The fourth-order valence-electron chi connectivity index (χ4n) is 1.91. The summed E-state index contributed by atoms with van der Waals surface area (Å²) >= 11 is 9.48. The number of alkyl halides is 1. The van der Waals surface area contributed by atoms with Crippen LogP contribution in [0.2, 0.25) is 5.02 Å². The number of hydrogen-bond acceptors (Lipinski definition) is 4. The highest BCUT2D eigenvalue weighted by Crippen LogP contribution is 2.37. The highest BCUT2D eigenvalue weighted by Gasteiger charge is 2.42. The number of nitro groups is 1. The molecule has 0 spiro atoms. The normalized spacial score (nSPS) is 25.7. The summed E-state index contributed by atoms with van der Waals surface area (Å²) in [5, 5.41) is 11.1. The number of nitro benzene ring substituents is 1. The van der Waals surface area contributed by atoms with E-state index in [1.807, 2.05) is 6.92 Å². The first-order valence-electron chi connectivity index (χ1n) is 5.89. The zero-order valence-electron chi connectivity index (χ0n) is 10.2. The van der Waals surface area contributed by atoms with Crippen molar-refractivity contribution in [3.8, 4) is 5.75 Å². The zero-order valence-corrected chi connectivity index (χ0v) is 12.6. The molecule has 7 heteroatoms. The van der Waals surface area contributed by atoms with Gasteiger partial charge in [0, 0.05) is 23.9 Å². The molecular formula is C12H13BrClNO4. The van der Waals surface area contributed by atoms with E-state index in [2.05, 4.69) is 15.9 Å². The van der Waals surface area contributed by atoms with Crippen LogP contribution in [0.5, 0.6) is 5.75 Å². The molecule has 19 heavy (non-hydrogen) atoms. The fourth-order valence-corrected chi connectivity index (χ4v) is 2.93. The molecule has 0 aromatic heterocycles. The third-order valence-electron chi connectivity index (χ3n) is 2.94. The smallest absolute Gasteiger partial charge is 0.273 e. The number of nitrogens with zero attached hydrogens (tertiary/aromatic N) is 1. The van der Waals surface area contributed by atoms with Gasteiger partial charge in [0.05, 0.1) is 16.0 Å². The summed E-state index contributed by atoms with van der Waals surface area (Å²) in [6, 6.07) is 4.16. The van der Waals surface area contributed by atoms with Crippen molar-refractivity contribution < 1.29 is 14.4 Å². The summed E-state index contributed by atoms with van der Waals surface area (Å²) in [7, 11) is 0. The van der Waals surface area contributed by atoms with E-state index in [4.69, 9.17) is 21.1 Å². The Morgan fingerprint density at radius 1 is 1.58 bits per heavy atom. The number of non-ortho nitro benzene ring substituents is 1. The molecule has 1 aromatic carbocycles. The molecule has 0 N–H and O–H groups in total. The number of benzene rings is 1. The molecule has 0 aliphatic heterocycles. The van der Waals surface area contributed by atoms with Gasteiger partial charge < -0.3 is 9.47 Å². The summed E-state index contributed by atoms with van der Waals surface area (Å²) in [5.41, 5.74) is -0.0397. The largest absolute Gasteiger partial charge is 0.486 e. The Labute approximate surface area is 124 Å². The summed E-state index contributed by atoms with van der Waals surface area (Å²) in [4.78, 5) is 10.5. The number of ether oxygens (including phenoxy) is 2. The minimum absolute atomic E-state index is 0.0397. The van der Waals surface area contributed by atoms with Gasteiger partial charge in [-0.1, -0.05) is 27.5 Å². The predicted octanol–water partition coefficient (Wildman–Crippen LogP) is 3.57. The van der Waals surface area contributed by atoms with Crippen molar-refractivity contribution in [3.05, 3.63) is 33.3 Å². The van der Waals surface area contributed by atoms with Crippen LogP contribution < -0.4 is 4.74 Å². The van der Waals surface area contributed by atoms with E-state index in [0.29, 0.717) is 17.4 Å². The van der Waals surface area contributed by atoms with E-state index >= 15 is 0 Å². The van der Waals surface area contributed by atoms with E-state index in [1.54, 1.807) is 0 Å². The molecule has 0 saturated heterocycles. The fraction of sp³-hybridized carbons (Fsp3) is 0.500. The maximum absolute atomic E-state index is 10.7. The average Bonchev–Trinajstić information content (AvgIpc) is 2.37. The Morgan fingerprint density at radius 3 is 2.89 bits per heavy atom. The Balaban J connectivity index is 2.10. The number of rotatable bonds is 5. The molecule has 104 valence electrons. The van der Waals surface area contributed by atoms with Crippen LogP contribution in [-0.2, 0) is 4.74 Å². The van der Waals surface area contributed by atoms with Gasteiger partial charge in [-0.15, -0.1) is 0 Å². The van der Waals surface area contributed by atoms with Crippen LogP contribution in [0.4, 0.5) is 5.69 Å². The molecule has 0 radical (unpaired) electrons. The summed E-state index contributed by atoms with van der Waals surface area (Å²) in [5.74, 6) is 0.324. The second kappa shape index (κ2) is 6.07. The molecule has 3 atom stereocenters. The van der Waals surface area contributed by atoms with Crippen molar-refractivity contribution in [2.24, 2.45) is 0 Å². The third-order valence-corrected chi connectivity index (χ3v) is 4.15. The van der Waals surface area contributed by atoms with Gasteiger partial charge in [-0.2, -0.15) is 0 Å². The molecule has 1 saturated carbocycles. The molecular weight excluding hydrogens is 337 g/mol. The van der Waals surface area contributed by atoms with Crippen LogP contribution in [0.3, 0.4) is 0 Å².